The fraction of sp³-hybridized carbons (Fsp3) is 0.222. The molecule has 0 unspecified atom stereocenters. The molecule has 0 fully saturated rings. The van der Waals surface area contributed by atoms with E-state index in [1.165, 1.54) is 7.11 Å². The smallest absolute Gasteiger partial charge is 0.337 e. The van der Waals surface area contributed by atoms with Gasteiger partial charge in [0.05, 0.1) is 43.2 Å². The van der Waals surface area contributed by atoms with Gasteiger partial charge in [0.15, 0.2) is 17.7 Å². The molecular formula is C36H35N5O7. The average molecular weight is 650 g/mol. The van der Waals surface area contributed by atoms with Crippen LogP contribution in [0.25, 0.3) is 10.8 Å². The Balaban J connectivity index is 1.27. The predicted molar refractivity (Wildman–Crippen MR) is 178 cm³/mol. The molecule has 5 rings (SSSR count). The molecule has 1 aliphatic heterocycles. The van der Waals surface area contributed by atoms with Crippen molar-refractivity contribution in [2.45, 2.75) is 32.7 Å². The Kier molecular flexibility index (Phi) is 10.7. The molecule has 0 aromatic heterocycles. The zero-order valence-electron chi connectivity index (χ0n) is 26.7. The van der Waals surface area contributed by atoms with Crippen molar-refractivity contribution in [1.29, 1.82) is 5.26 Å². The van der Waals surface area contributed by atoms with Crippen LogP contribution in [-0.4, -0.2) is 49.9 Å². The van der Waals surface area contributed by atoms with E-state index in [-0.39, 0.29) is 12.2 Å². The second-order valence-electron chi connectivity index (χ2n) is 10.7. The van der Waals surface area contributed by atoms with Gasteiger partial charge in [-0.1, -0.05) is 48.5 Å². The van der Waals surface area contributed by atoms with Gasteiger partial charge in [0.25, 0.3) is 0 Å². The largest absolute Gasteiger partial charge is 0.490 e. The number of urea groups is 1. The molecule has 48 heavy (non-hydrogen) atoms. The fourth-order valence-electron chi connectivity index (χ4n) is 5.18. The van der Waals surface area contributed by atoms with Crippen molar-refractivity contribution in [3.63, 3.8) is 0 Å². The van der Waals surface area contributed by atoms with Crippen molar-refractivity contribution in [3.8, 4) is 23.3 Å². The van der Waals surface area contributed by atoms with Crippen LogP contribution in [0.2, 0.25) is 0 Å². The van der Waals surface area contributed by atoms with Gasteiger partial charge in [-0.2, -0.15) is 10.4 Å². The maximum Gasteiger partial charge on any atom is 0.337 e. The van der Waals surface area contributed by atoms with Crippen molar-refractivity contribution >= 4 is 29.0 Å². The van der Waals surface area contributed by atoms with Gasteiger partial charge in [0.2, 0.25) is 0 Å². The second kappa shape index (κ2) is 15.5. The van der Waals surface area contributed by atoms with Crippen LogP contribution in [0.1, 0.15) is 42.1 Å². The van der Waals surface area contributed by atoms with Crippen molar-refractivity contribution in [2.24, 2.45) is 5.10 Å². The number of nitrogens with one attached hydrogen (secondary N) is 3. The summed E-state index contributed by atoms with van der Waals surface area (Å²) in [7, 11) is 1.27. The molecule has 4 aromatic carbocycles. The first-order valence-electron chi connectivity index (χ1n) is 15.2. The maximum atomic E-state index is 12.5. The summed E-state index contributed by atoms with van der Waals surface area (Å²) in [6.07, 6.45) is 0.399. The third-order valence-electron chi connectivity index (χ3n) is 7.50. The summed E-state index contributed by atoms with van der Waals surface area (Å²) in [4.78, 5) is 24.7. The molecule has 2 atom stereocenters. The zero-order valence-corrected chi connectivity index (χ0v) is 26.7. The number of esters is 1. The van der Waals surface area contributed by atoms with E-state index in [4.69, 9.17) is 24.2 Å². The lowest BCUT2D eigenvalue weighted by Gasteiger charge is -2.28. The number of carbonyl (C=O) groups excluding carboxylic acids is 2. The number of hydrogen-bond donors (Lipinski definition) is 4. The molecule has 4 N–H and O–H groups in total. The summed E-state index contributed by atoms with van der Waals surface area (Å²) in [6.45, 7) is 3.88. The number of aliphatic hydroxyl groups is 1. The number of amides is 2. The number of hydrogen-bond acceptors (Lipinski definition) is 10. The van der Waals surface area contributed by atoms with Gasteiger partial charge in [0.1, 0.15) is 19.0 Å². The molecule has 0 bridgehead atoms. The Morgan fingerprint density at radius 1 is 1.04 bits per heavy atom. The lowest BCUT2D eigenvalue weighted by molar-refractivity contribution is -0.136. The van der Waals surface area contributed by atoms with Gasteiger partial charge < -0.3 is 34.7 Å². The lowest BCUT2D eigenvalue weighted by Crippen LogP contribution is -2.45. The van der Waals surface area contributed by atoms with Gasteiger partial charge in [-0.05, 0) is 66.1 Å². The molecule has 0 aliphatic carbocycles. The van der Waals surface area contributed by atoms with Gasteiger partial charge >= 0.3 is 12.0 Å². The minimum Gasteiger partial charge on any atom is -0.490 e. The van der Waals surface area contributed by atoms with Crippen LogP contribution in [0.4, 0.5) is 4.79 Å². The highest BCUT2D eigenvalue weighted by Crippen LogP contribution is 2.35. The summed E-state index contributed by atoms with van der Waals surface area (Å²) in [5.74, 6) is 0.728. The van der Waals surface area contributed by atoms with E-state index in [1.54, 1.807) is 43.5 Å². The first-order chi connectivity index (χ1) is 23.3. The Labute approximate surface area is 277 Å². The quantitative estimate of drug-likeness (QED) is 0.0689. The first kappa shape index (κ1) is 33.3. The number of nitrogens with zero attached hydrogens (tertiary/aromatic N) is 2. The monoisotopic (exact) mass is 649 g/mol. The highest BCUT2D eigenvalue weighted by Gasteiger charge is 2.32. The number of carbonyl (C=O) groups is 2. The average Bonchev–Trinajstić information content (AvgIpc) is 3.10. The van der Waals surface area contributed by atoms with Crippen LogP contribution in [-0.2, 0) is 16.1 Å². The van der Waals surface area contributed by atoms with E-state index in [0.717, 1.165) is 21.9 Å². The van der Waals surface area contributed by atoms with Crippen LogP contribution >= 0.6 is 0 Å². The van der Waals surface area contributed by atoms with Crippen molar-refractivity contribution < 1.29 is 33.6 Å². The second-order valence-corrected chi connectivity index (χ2v) is 10.7. The molecule has 0 radical (unpaired) electrons. The molecule has 0 spiro atoms. The van der Waals surface area contributed by atoms with E-state index in [1.807, 2.05) is 55.5 Å². The number of rotatable bonds is 13. The fourth-order valence-corrected chi connectivity index (χ4v) is 5.18. The van der Waals surface area contributed by atoms with E-state index in [0.29, 0.717) is 47.3 Å². The molecule has 2 amide bonds. The molecule has 0 saturated carbocycles. The number of aliphatic hydroxyl groups excluding tert-OH is 1. The van der Waals surface area contributed by atoms with Crippen LogP contribution in [0.3, 0.4) is 0 Å². The van der Waals surface area contributed by atoms with E-state index in [9.17, 15) is 14.7 Å². The molecule has 0 saturated heterocycles. The lowest BCUT2D eigenvalue weighted by atomic mass is 9.95. The van der Waals surface area contributed by atoms with Crippen LogP contribution in [0.5, 0.6) is 17.2 Å². The van der Waals surface area contributed by atoms with Crippen molar-refractivity contribution in [2.75, 3.05) is 20.3 Å². The van der Waals surface area contributed by atoms with Crippen molar-refractivity contribution in [1.82, 2.24) is 16.1 Å². The number of hydrazone groups is 1. The summed E-state index contributed by atoms with van der Waals surface area (Å²) in [6, 6.07) is 24.7. The molecular weight excluding hydrogens is 614 g/mol. The summed E-state index contributed by atoms with van der Waals surface area (Å²) in [5.41, 5.74) is 6.12. The maximum absolute atomic E-state index is 12.5. The summed E-state index contributed by atoms with van der Waals surface area (Å²) >= 11 is 0. The molecule has 246 valence electrons. The Morgan fingerprint density at radius 3 is 2.56 bits per heavy atom. The van der Waals surface area contributed by atoms with Gasteiger partial charge in [-0.3, -0.25) is 5.43 Å². The van der Waals surface area contributed by atoms with Gasteiger partial charge in [-0.15, -0.1) is 0 Å². The highest BCUT2D eigenvalue weighted by molar-refractivity contribution is 6.02. The van der Waals surface area contributed by atoms with Crippen LogP contribution in [0, 0.1) is 11.3 Å². The number of allylic oxidation sites excluding steroid dienone is 1. The minimum atomic E-state index is -1.19. The van der Waals surface area contributed by atoms with Crippen LogP contribution < -0.4 is 30.3 Å². The Morgan fingerprint density at radius 2 is 1.81 bits per heavy atom. The Bertz CT molecular complexity index is 1900. The summed E-state index contributed by atoms with van der Waals surface area (Å²) in [5, 5.41) is 31.3. The molecule has 1 aliphatic rings. The number of methoxy groups -OCH3 is 1. The van der Waals surface area contributed by atoms with E-state index in [2.05, 4.69) is 27.2 Å². The number of nitriles is 1. The number of fused-ring (bicyclic) bond motifs is 1. The van der Waals surface area contributed by atoms with Gasteiger partial charge in [0, 0.05) is 11.3 Å². The normalized spacial score (nSPS) is 14.9. The third kappa shape index (κ3) is 7.83. The minimum absolute atomic E-state index is 0.176. The van der Waals surface area contributed by atoms with Gasteiger partial charge in [-0.25, -0.2) is 9.59 Å². The van der Waals surface area contributed by atoms with Crippen LogP contribution in [0.15, 0.2) is 95.2 Å². The molecule has 12 nitrogen and oxygen atoms in total. The molecule has 4 aromatic rings. The van der Waals surface area contributed by atoms with Crippen molar-refractivity contribution in [3.05, 3.63) is 112 Å². The molecule has 12 heteroatoms. The first-order valence-corrected chi connectivity index (χ1v) is 15.2. The van der Waals surface area contributed by atoms with E-state index < -0.39 is 24.3 Å². The van der Waals surface area contributed by atoms with E-state index >= 15 is 0 Å². The Hall–Kier alpha value is -6.06. The predicted octanol–water partition coefficient (Wildman–Crippen LogP) is 4.81. The number of ether oxygens (including phenoxy) is 4. The summed E-state index contributed by atoms with van der Waals surface area (Å²) < 4.78 is 22.7. The highest BCUT2D eigenvalue weighted by atomic mass is 16.5. The topological polar surface area (TPSA) is 164 Å². The SMILES string of the molecule is CCOc1cc([C@H]2NC(=O)NC(C)=C2C(=O)OC)ccc1OC[C@@H](O)N/N=C/c1c(OCc2ccc(C#N)cc2)ccc2ccccc12. The third-order valence-corrected chi connectivity index (χ3v) is 7.50. The number of benzene rings is 4. The zero-order chi connectivity index (χ0) is 34.0. The molecule has 1 heterocycles. The standard InChI is InChI=1S/C36H35N5O7/c1-4-46-31-17-26(34-33(35(43)45-3)22(2)39-36(44)40-34)14-16-30(31)48-21-32(42)41-38-19-28-27-8-6-5-7-25(27)13-15-29(28)47-20-24-11-9-23(18-37)10-12-24/h5-17,19,32,34,41-42H,4,20-21H2,1-3H3,(H2,39,40,44)/b38-19+/t32-,34-/m1/s1.